The lowest BCUT2D eigenvalue weighted by Gasteiger charge is -2.12. The van der Waals surface area contributed by atoms with E-state index in [9.17, 15) is 9.59 Å². The summed E-state index contributed by atoms with van der Waals surface area (Å²) in [4.78, 5) is 29.0. The molecule has 0 saturated heterocycles. The van der Waals surface area contributed by atoms with Crippen molar-refractivity contribution in [1.82, 2.24) is 15.3 Å². The fraction of sp³-hybridized carbons (Fsp3) is 0.250. The van der Waals surface area contributed by atoms with E-state index >= 15 is 0 Å². The third-order valence-electron chi connectivity index (χ3n) is 3.67. The second-order valence-corrected chi connectivity index (χ2v) is 5.99. The predicted octanol–water partition coefficient (Wildman–Crippen LogP) is 1.87. The first-order valence-electron chi connectivity index (χ1n) is 7.34. The molecule has 0 spiro atoms. The molecule has 0 aliphatic rings. The van der Waals surface area contributed by atoms with Crippen LogP contribution in [0.2, 0.25) is 0 Å². The lowest BCUT2D eigenvalue weighted by molar-refractivity contribution is 0.0946. The molecule has 0 unspecified atom stereocenters. The standard InChI is InChI=1S/C16H17N3O5S/c1-22-11-5-8-4-10(19-12(8)14(24-3)13(11)23-2)15(20)17-6-9-7-25-16(21)18-9/h4-5,7,19H,6H2,1-3H3,(H,17,20)(H,18,21). The fourth-order valence-electron chi connectivity index (χ4n) is 2.54. The van der Waals surface area contributed by atoms with E-state index in [0.29, 0.717) is 34.2 Å². The highest BCUT2D eigenvalue weighted by molar-refractivity contribution is 7.07. The van der Waals surface area contributed by atoms with Crippen LogP contribution in [-0.2, 0) is 6.54 Å². The highest BCUT2D eigenvalue weighted by Gasteiger charge is 2.19. The number of hydrogen-bond acceptors (Lipinski definition) is 6. The van der Waals surface area contributed by atoms with E-state index in [0.717, 1.165) is 16.7 Å². The molecule has 25 heavy (non-hydrogen) atoms. The molecule has 0 bridgehead atoms. The molecule has 3 N–H and O–H groups in total. The van der Waals surface area contributed by atoms with Crippen LogP contribution >= 0.6 is 11.3 Å². The number of amides is 1. The van der Waals surface area contributed by atoms with Gasteiger partial charge in [-0.15, -0.1) is 0 Å². The zero-order valence-electron chi connectivity index (χ0n) is 13.9. The molecule has 3 aromatic rings. The first kappa shape index (κ1) is 16.9. The molecule has 0 radical (unpaired) electrons. The van der Waals surface area contributed by atoms with Gasteiger partial charge in [0.05, 0.1) is 33.4 Å². The maximum absolute atomic E-state index is 12.4. The lowest BCUT2D eigenvalue weighted by atomic mass is 10.2. The van der Waals surface area contributed by atoms with E-state index in [1.165, 1.54) is 21.3 Å². The van der Waals surface area contributed by atoms with Gasteiger partial charge < -0.3 is 29.5 Å². The van der Waals surface area contributed by atoms with E-state index < -0.39 is 0 Å². The summed E-state index contributed by atoms with van der Waals surface area (Å²) < 4.78 is 16.1. The summed E-state index contributed by atoms with van der Waals surface area (Å²) in [7, 11) is 4.57. The fourth-order valence-corrected chi connectivity index (χ4v) is 3.12. The topological polar surface area (TPSA) is 105 Å². The maximum Gasteiger partial charge on any atom is 0.304 e. The number of carbonyl (C=O) groups excluding carboxylic acids is 1. The Kier molecular flexibility index (Phi) is 4.66. The number of methoxy groups -OCH3 is 3. The molecule has 9 heteroatoms. The van der Waals surface area contributed by atoms with Crippen LogP contribution in [0, 0.1) is 0 Å². The van der Waals surface area contributed by atoms with E-state index in [4.69, 9.17) is 14.2 Å². The van der Waals surface area contributed by atoms with Gasteiger partial charge in [-0.05, 0) is 12.1 Å². The molecule has 1 amide bonds. The van der Waals surface area contributed by atoms with Crippen LogP contribution in [0.5, 0.6) is 17.2 Å². The van der Waals surface area contributed by atoms with Gasteiger partial charge in [0.25, 0.3) is 5.91 Å². The first-order valence-corrected chi connectivity index (χ1v) is 8.22. The molecule has 2 heterocycles. The van der Waals surface area contributed by atoms with Crippen LogP contribution in [0.15, 0.2) is 22.3 Å². The van der Waals surface area contributed by atoms with Gasteiger partial charge in [0, 0.05) is 16.5 Å². The largest absolute Gasteiger partial charge is 0.493 e. The number of rotatable bonds is 6. The Morgan fingerprint density at radius 3 is 2.48 bits per heavy atom. The molecule has 2 aromatic heterocycles. The van der Waals surface area contributed by atoms with Crippen LogP contribution in [0.4, 0.5) is 0 Å². The number of aromatic nitrogens is 2. The Balaban J connectivity index is 1.92. The number of hydrogen-bond donors (Lipinski definition) is 3. The zero-order chi connectivity index (χ0) is 18.0. The monoisotopic (exact) mass is 363 g/mol. The van der Waals surface area contributed by atoms with Gasteiger partial charge in [0.15, 0.2) is 11.5 Å². The number of thiazole rings is 1. The Hall–Kier alpha value is -2.94. The summed E-state index contributed by atoms with van der Waals surface area (Å²) in [5, 5.41) is 5.17. The Morgan fingerprint density at radius 2 is 1.88 bits per heavy atom. The Morgan fingerprint density at radius 1 is 1.12 bits per heavy atom. The minimum atomic E-state index is -0.303. The van der Waals surface area contributed by atoms with Crippen molar-refractivity contribution in [2.75, 3.05) is 21.3 Å². The number of ether oxygens (including phenoxy) is 3. The van der Waals surface area contributed by atoms with Gasteiger partial charge in [-0.1, -0.05) is 11.3 Å². The molecule has 0 saturated carbocycles. The highest BCUT2D eigenvalue weighted by Crippen LogP contribution is 2.43. The molecular weight excluding hydrogens is 346 g/mol. The third kappa shape index (κ3) is 3.18. The molecule has 132 valence electrons. The Bertz CT molecular complexity index is 972. The molecular formula is C16H17N3O5S. The van der Waals surface area contributed by atoms with Crippen LogP contribution in [0.1, 0.15) is 16.2 Å². The molecule has 0 fully saturated rings. The molecule has 3 rings (SSSR count). The van der Waals surface area contributed by atoms with E-state index in [2.05, 4.69) is 15.3 Å². The Labute approximate surface area is 146 Å². The quantitative estimate of drug-likeness (QED) is 0.620. The minimum Gasteiger partial charge on any atom is -0.493 e. The number of fused-ring (bicyclic) bond motifs is 1. The van der Waals surface area contributed by atoms with Crippen molar-refractivity contribution in [3.05, 3.63) is 38.6 Å². The number of carbonyl (C=O) groups is 1. The van der Waals surface area contributed by atoms with Crippen LogP contribution in [-0.4, -0.2) is 37.2 Å². The van der Waals surface area contributed by atoms with Crippen molar-refractivity contribution in [3.8, 4) is 17.2 Å². The minimum absolute atomic E-state index is 0.154. The molecule has 0 atom stereocenters. The number of benzene rings is 1. The lowest BCUT2D eigenvalue weighted by Crippen LogP contribution is -2.23. The maximum atomic E-state index is 12.4. The van der Waals surface area contributed by atoms with Gasteiger partial charge in [0.1, 0.15) is 5.69 Å². The number of nitrogens with one attached hydrogen (secondary N) is 3. The summed E-state index contributed by atoms with van der Waals surface area (Å²) in [6, 6.07) is 3.46. The average molecular weight is 363 g/mol. The van der Waals surface area contributed by atoms with E-state index in [1.54, 1.807) is 17.5 Å². The first-order chi connectivity index (χ1) is 12.1. The van der Waals surface area contributed by atoms with Gasteiger partial charge in [0.2, 0.25) is 5.75 Å². The second-order valence-electron chi connectivity index (χ2n) is 5.15. The molecule has 8 nitrogen and oxygen atoms in total. The van der Waals surface area contributed by atoms with Crippen molar-refractivity contribution in [2.45, 2.75) is 6.54 Å². The second kappa shape index (κ2) is 6.89. The van der Waals surface area contributed by atoms with Crippen molar-refractivity contribution in [1.29, 1.82) is 0 Å². The van der Waals surface area contributed by atoms with Crippen LogP contribution in [0.25, 0.3) is 10.9 Å². The summed E-state index contributed by atoms with van der Waals surface area (Å²) in [6.07, 6.45) is 0. The van der Waals surface area contributed by atoms with Gasteiger partial charge in [-0.25, -0.2) is 0 Å². The van der Waals surface area contributed by atoms with Gasteiger partial charge in [-0.3, -0.25) is 9.59 Å². The summed E-state index contributed by atoms with van der Waals surface area (Å²) in [5.41, 5.74) is 1.65. The van der Waals surface area contributed by atoms with Crippen molar-refractivity contribution >= 4 is 28.1 Å². The molecule has 1 aromatic carbocycles. The van der Waals surface area contributed by atoms with Gasteiger partial charge in [-0.2, -0.15) is 0 Å². The van der Waals surface area contributed by atoms with Crippen molar-refractivity contribution in [2.24, 2.45) is 0 Å². The van der Waals surface area contributed by atoms with E-state index in [1.807, 2.05) is 0 Å². The number of H-pyrrole nitrogens is 2. The predicted molar refractivity (Wildman–Crippen MR) is 94.1 cm³/mol. The normalized spacial score (nSPS) is 10.7. The molecule has 0 aliphatic carbocycles. The van der Waals surface area contributed by atoms with Crippen LogP contribution in [0.3, 0.4) is 0 Å². The number of aromatic amines is 2. The molecule has 0 aliphatic heterocycles. The zero-order valence-corrected chi connectivity index (χ0v) is 14.7. The van der Waals surface area contributed by atoms with Crippen LogP contribution < -0.4 is 24.4 Å². The smallest absolute Gasteiger partial charge is 0.304 e. The highest BCUT2D eigenvalue weighted by atomic mass is 32.1. The SMILES string of the molecule is COc1cc2cc(C(=O)NCc3csc(=O)[nH]3)[nH]c2c(OC)c1OC. The average Bonchev–Trinajstić information content (AvgIpc) is 3.23. The van der Waals surface area contributed by atoms with E-state index in [-0.39, 0.29) is 17.3 Å². The third-order valence-corrected chi connectivity index (χ3v) is 4.39. The van der Waals surface area contributed by atoms with Crippen molar-refractivity contribution in [3.63, 3.8) is 0 Å². The van der Waals surface area contributed by atoms with Gasteiger partial charge >= 0.3 is 4.87 Å². The van der Waals surface area contributed by atoms with Crippen molar-refractivity contribution < 1.29 is 19.0 Å². The summed E-state index contributed by atoms with van der Waals surface area (Å²) >= 11 is 1.05. The summed E-state index contributed by atoms with van der Waals surface area (Å²) in [5.74, 6) is 1.11. The summed E-state index contributed by atoms with van der Waals surface area (Å²) in [6.45, 7) is 0.233.